The molecular weight excluding hydrogens is 292 g/mol. The number of hydrogen-bond donors (Lipinski definition) is 1. The maximum atomic E-state index is 11.9. The van der Waals surface area contributed by atoms with Crippen molar-refractivity contribution < 1.29 is 13.9 Å². The van der Waals surface area contributed by atoms with Crippen LogP contribution in [0, 0.1) is 0 Å². The van der Waals surface area contributed by atoms with Crippen molar-refractivity contribution in [3.05, 3.63) is 66.0 Å². The molecule has 1 atom stereocenters. The minimum absolute atomic E-state index is 0.0744. The molecule has 1 aromatic carbocycles. The fraction of sp³-hybridized carbons (Fsp3) is 0.133. The van der Waals surface area contributed by atoms with Gasteiger partial charge in [0.25, 0.3) is 5.91 Å². The highest BCUT2D eigenvalue weighted by molar-refractivity contribution is 6.13. The zero-order chi connectivity index (χ0) is 15.1. The second-order valence-corrected chi connectivity index (χ2v) is 4.44. The molecular formula is C15H13ClN2O3. The monoisotopic (exact) mass is 304 g/mol. The summed E-state index contributed by atoms with van der Waals surface area (Å²) in [5, 5.41) is 2.65. The van der Waals surface area contributed by atoms with Gasteiger partial charge in [-0.15, -0.1) is 0 Å². The minimum atomic E-state index is -0.670. The van der Waals surface area contributed by atoms with Crippen molar-refractivity contribution in [3.8, 4) is 0 Å². The molecule has 0 bridgehead atoms. The van der Waals surface area contributed by atoms with Crippen LogP contribution in [0.1, 0.15) is 22.0 Å². The Labute approximate surface area is 127 Å². The van der Waals surface area contributed by atoms with Gasteiger partial charge in [-0.2, -0.15) is 0 Å². The van der Waals surface area contributed by atoms with E-state index in [1.165, 1.54) is 6.20 Å². The number of benzene rings is 1. The summed E-state index contributed by atoms with van der Waals surface area (Å²) in [5.74, 6) is -1.65. The summed E-state index contributed by atoms with van der Waals surface area (Å²) in [6.07, 6.45) is 1.52. The second-order valence-electron chi connectivity index (χ2n) is 4.28. The fourth-order valence-corrected chi connectivity index (χ4v) is 1.97. The van der Waals surface area contributed by atoms with Crippen molar-refractivity contribution in [1.82, 2.24) is 10.3 Å². The van der Waals surface area contributed by atoms with E-state index in [0.717, 1.165) is 0 Å². The number of aromatic nitrogens is 1. The average Bonchev–Trinajstić information content (AvgIpc) is 2.56. The van der Waals surface area contributed by atoms with Crippen molar-refractivity contribution in [2.75, 3.05) is 6.54 Å². The SMILES string of the molecule is O=C(NCC(C(=O)OCl)c1ccccc1)c1ccccn1. The molecule has 6 heteroatoms. The lowest BCUT2D eigenvalue weighted by molar-refractivity contribution is -0.135. The van der Waals surface area contributed by atoms with E-state index < -0.39 is 11.9 Å². The maximum absolute atomic E-state index is 11.9. The van der Waals surface area contributed by atoms with Crippen LogP contribution in [0.3, 0.4) is 0 Å². The normalized spacial score (nSPS) is 11.5. The number of nitrogens with zero attached hydrogens (tertiary/aromatic N) is 1. The second kappa shape index (κ2) is 7.40. The molecule has 0 saturated heterocycles. The van der Waals surface area contributed by atoms with Gasteiger partial charge in [-0.05, 0) is 17.7 Å². The molecule has 1 unspecified atom stereocenters. The third-order valence-corrected chi connectivity index (χ3v) is 3.08. The lowest BCUT2D eigenvalue weighted by atomic mass is 9.99. The smallest absolute Gasteiger partial charge is 0.333 e. The molecule has 1 amide bonds. The van der Waals surface area contributed by atoms with Crippen molar-refractivity contribution in [2.45, 2.75) is 5.92 Å². The first-order valence-corrected chi connectivity index (χ1v) is 6.60. The van der Waals surface area contributed by atoms with Crippen LogP contribution in [0.5, 0.6) is 0 Å². The number of carbonyl (C=O) groups excluding carboxylic acids is 2. The summed E-state index contributed by atoms with van der Waals surface area (Å²) < 4.78 is 4.27. The number of amides is 1. The van der Waals surface area contributed by atoms with Crippen LogP contribution in [0.15, 0.2) is 54.7 Å². The Balaban J connectivity index is 2.07. The van der Waals surface area contributed by atoms with Crippen LogP contribution in [-0.4, -0.2) is 23.4 Å². The molecule has 0 spiro atoms. The third-order valence-electron chi connectivity index (χ3n) is 2.93. The average molecular weight is 305 g/mol. The predicted molar refractivity (Wildman–Crippen MR) is 77.7 cm³/mol. The Morgan fingerprint density at radius 3 is 2.48 bits per heavy atom. The Bertz CT molecular complexity index is 605. The number of pyridine rings is 1. The molecule has 0 aliphatic rings. The molecule has 1 N–H and O–H groups in total. The van der Waals surface area contributed by atoms with Crippen molar-refractivity contribution in [2.24, 2.45) is 0 Å². The fourth-order valence-electron chi connectivity index (χ4n) is 1.86. The number of carbonyl (C=O) groups is 2. The van der Waals surface area contributed by atoms with E-state index in [1.807, 2.05) is 6.07 Å². The molecule has 108 valence electrons. The van der Waals surface area contributed by atoms with Gasteiger partial charge < -0.3 is 9.61 Å². The molecule has 2 rings (SSSR count). The Morgan fingerprint density at radius 1 is 1.14 bits per heavy atom. The van der Waals surface area contributed by atoms with Gasteiger partial charge in [0.2, 0.25) is 0 Å². The van der Waals surface area contributed by atoms with Crippen LogP contribution in [0.4, 0.5) is 0 Å². The summed E-state index contributed by atoms with van der Waals surface area (Å²) in [6, 6.07) is 14.0. The van der Waals surface area contributed by atoms with Gasteiger partial charge in [0, 0.05) is 12.7 Å². The van der Waals surface area contributed by atoms with E-state index in [0.29, 0.717) is 5.56 Å². The lowest BCUT2D eigenvalue weighted by Gasteiger charge is -2.14. The van der Waals surface area contributed by atoms with Crippen molar-refractivity contribution >= 4 is 23.7 Å². The predicted octanol–water partition coefficient (Wildman–Crippen LogP) is 2.29. The largest absolute Gasteiger partial charge is 0.349 e. The summed E-state index contributed by atoms with van der Waals surface area (Å²) in [6.45, 7) is 0.0744. The minimum Gasteiger partial charge on any atom is -0.349 e. The van der Waals surface area contributed by atoms with E-state index in [-0.39, 0.29) is 18.1 Å². The highest BCUT2D eigenvalue weighted by atomic mass is 35.5. The van der Waals surface area contributed by atoms with Gasteiger partial charge in [-0.1, -0.05) is 36.4 Å². The highest BCUT2D eigenvalue weighted by Gasteiger charge is 2.23. The van der Waals surface area contributed by atoms with Crippen LogP contribution in [-0.2, 0) is 9.08 Å². The molecule has 0 fully saturated rings. The quantitative estimate of drug-likeness (QED) is 0.920. The molecule has 21 heavy (non-hydrogen) atoms. The van der Waals surface area contributed by atoms with Crippen LogP contribution >= 0.6 is 11.9 Å². The Kier molecular flexibility index (Phi) is 5.29. The lowest BCUT2D eigenvalue weighted by Crippen LogP contribution is -2.32. The number of rotatable bonds is 5. The van der Waals surface area contributed by atoms with Crippen LogP contribution < -0.4 is 5.32 Å². The number of nitrogens with one attached hydrogen (secondary N) is 1. The molecule has 0 aliphatic carbocycles. The standard InChI is InChI=1S/C15H13ClN2O3/c16-21-15(20)12(11-6-2-1-3-7-11)10-18-14(19)13-8-4-5-9-17-13/h1-9,12H,10H2,(H,18,19). The highest BCUT2D eigenvalue weighted by Crippen LogP contribution is 2.17. The van der Waals surface area contributed by atoms with Gasteiger partial charge >= 0.3 is 5.97 Å². The molecule has 2 aromatic rings. The molecule has 0 aliphatic heterocycles. The topological polar surface area (TPSA) is 68.3 Å². The third kappa shape index (κ3) is 4.03. The summed E-state index contributed by atoms with van der Waals surface area (Å²) in [7, 11) is 0. The molecule has 0 radical (unpaired) electrons. The van der Waals surface area contributed by atoms with E-state index in [9.17, 15) is 9.59 Å². The van der Waals surface area contributed by atoms with E-state index in [1.54, 1.807) is 42.5 Å². The first kappa shape index (κ1) is 15.0. The summed E-state index contributed by atoms with van der Waals surface area (Å²) >= 11 is 5.15. The van der Waals surface area contributed by atoms with E-state index in [4.69, 9.17) is 11.9 Å². The Hall–Kier alpha value is -2.40. The number of hydrogen-bond acceptors (Lipinski definition) is 4. The van der Waals surface area contributed by atoms with Crippen molar-refractivity contribution in [1.29, 1.82) is 0 Å². The van der Waals surface area contributed by atoms with Gasteiger partial charge in [-0.25, -0.2) is 4.79 Å². The van der Waals surface area contributed by atoms with E-state index >= 15 is 0 Å². The maximum Gasteiger partial charge on any atom is 0.333 e. The first-order valence-electron chi connectivity index (χ1n) is 6.29. The van der Waals surface area contributed by atoms with Gasteiger partial charge in [0.05, 0.1) is 0 Å². The van der Waals surface area contributed by atoms with Crippen LogP contribution in [0.2, 0.25) is 0 Å². The summed E-state index contributed by atoms with van der Waals surface area (Å²) in [5.41, 5.74) is 0.994. The van der Waals surface area contributed by atoms with Gasteiger partial charge in [0.15, 0.2) is 0 Å². The van der Waals surface area contributed by atoms with Crippen LogP contribution in [0.25, 0.3) is 0 Å². The molecule has 1 aromatic heterocycles. The molecule has 1 heterocycles. The van der Waals surface area contributed by atoms with Gasteiger partial charge in [0.1, 0.15) is 23.5 Å². The summed E-state index contributed by atoms with van der Waals surface area (Å²) in [4.78, 5) is 27.6. The Morgan fingerprint density at radius 2 is 1.86 bits per heavy atom. The number of halogens is 1. The first-order chi connectivity index (χ1) is 10.2. The molecule has 0 saturated carbocycles. The zero-order valence-electron chi connectivity index (χ0n) is 11.0. The van der Waals surface area contributed by atoms with Gasteiger partial charge in [-0.3, -0.25) is 9.78 Å². The van der Waals surface area contributed by atoms with Crippen molar-refractivity contribution in [3.63, 3.8) is 0 Å². The van der Waals surface area contributed by atoms with E-state index in [2.05, 4.69) is 14.6 Å². The zero-order valence-corrected chi connectivity index (χ0v) is 11.8. The molecule has 5 nitrogen and oxygen atoms in total.